The quantitative estimate of drug-likeness (QED) is 0.863. The first-order chi connectivity index (χ1) is 8.47. The van der Waals surface area contributed by atoms with Gasteiger partial charge in [-0.25, -0.2) is 0 Å². The molecular formula is C14H18F3N. The van der Waals surface area contributed by atoms with Crippen LogP contribution >= 0.6 is 0 Å². The molecule has 0 bridgehead atoms. The number of nitrogens with one attached hydrogen (secondary N) is 1. The second kappa shape index (κ2) is 5.31. The van der Waals surface area contributed by atoms with Crippen molar-refractivity contribution in [2.45, 2.75) is 44.9 Å². The molecule has 1 aliphatic carbocycles. The lowest BCUT2D eigenvalue weighted by Gasteiger charge is -2.17. The van der Waals surface area contributed by atoms with Gasteiger partial charge in [-0.1, -0.05) is 25.5 Å². The van der Waals surface area contributed by atoms with Gasteiger partial charge in [-0.05, 0) is 36.5 Å². The Bertz CT molecular complexity index is 383. The second-order valence-electron chi connectivity index (χ2n) is 5.09. The van der Waals surface area contributed by atoms with Gasteiger partial charge in [0.15, 0.2) is 0 Å². The maximum absolute atomic E-state index is 12.4. The van der Waals surface area contributed by atoms with E-state index >= 15 is 0 Å². The van der Waals surface area contributed by atoms with Crippen molar-refractivity contribution in [2.24, 2.45) is 5.92 Å². The van der Waals surface area contributed by atoms with Crippen molar-refractivity contribution in [1.29, 1.82) is 0 Å². The molecule has 0 aliphatic heterocycles. The maximum Gasteiger partial charge on any atom is 0.416 e. The Balaban J connectivity index is 1.90. The van der Waals surface area contributed by atoms with Gasteiger partial charge >= 0.3 is 6.18 Å². The van der Waals surface area contributed by atoms with Gasteiger partial charge in [0.1, 0.15) is 0 Å². The van der Waals surface area contributed by atoms with Crippen molar-refractivity contribution < 1.29 is 13.2 Å². The number of hydrogen-bond acceptors (Lipinski definition) is 1. The summed E-state index contributed by atoms with van der Waals surface area (Å²) in [6.45, 7) is 2.87. The van der Waals surface area contributed by atoms with Crippen LogP contribution in [0.15, 0.2) is 24.3 Å². The summed E-state index contributed by atoms with van der Waals surface area (Å²) in [5.74, 6) is 0.666. The fraction of sp³-hybridized carbons (Fsp3) is 0.571. The van der Waals surface area contributed by atoms with Crippen LogP contribution in [0.5, 0.6) is 0 Å². The monoisotopic (exact) mass is 257 g/mol. The average Bonchev–Trinajstić information content (AvgIpc) is 2.72. The summed E-state index contributed by atoms with van der Waals surface area (Å²) in [6, 6.07) is 5.90. The first-order valence-corrected chi connectivity index (χ1v) is 6.36. The normalized spacial score (nSPS) is 24.4. The van der Waals surface area contributed by atoms with Gasteiger partial charge in [0, 0.05) is 12.6 Å². The van der Waals surface area contributed by atoms with Crippen LogP contribution in [0.25, 0.3) is 0 Å². The third-order valence-corrected chi connectivity index (χ3v) is 3.71. The summed E-state index contributed by atoms with van der Waals surface area (Å²) in [5.41, 5.74) is 0.322. The zero-order valence-corrected chi connectivity index (χ0v) is 10.4. The van der Waals surface area contributed by atoms with E-state index in [4.69, 9.17) is 0 Å². The highest BCUT2D eigenvalue weighted by Crippen LogP contribution is 2.29. The SMILES string of the molecule is CC1CCCC1NCc1ccc(C(F)(F)F)cc1. The summed E-state index contributed by atoms with van der Waals surface area (Å²) in [4.78, 5) is 0. The van der Waals surface area contributed by atoms with Crippen molar-refractivity contribution in [3.05, 3.63) is 35.4 Å². The van der Waals surface area contributed by atoms with E-state index in [2.05, 4.69) is 12.2 Å². The van der Waals surface area contributed by atoms with E-state index in [0.29, 0.717) is 18.5 Å². The predicted molar refractivity (Wildman–Crippen MR) is 65.1 cm³/mol. The maximum atomic E-state index is 12.4. The third-order valence-electron chi connectivity index (χ3n) is 3.71. The highest BCUT2D eigenvalue weighted by molar-refractivity contribution is 5.24. The van der Waals surface area contributed by atoms with Crippen LogP contribution in [0.3, 0.4) is 0 Å². The standard InChI is InChI=1S/C14H18F3N/c1-10-3-2-4-13(10)18-9-11-5-7-12(8-6-11)14(15,16)17/h5-8,10,13,18H,2-4,9H2,1H3. The van der Waals surface area contributed by atoms with Crippen molar-refractivity contribution in [1.82, 2.24) is 5.32 Å². The molecule has 18 heavy (non-hydrogen) atoms. The van der Waals surface area contributed by atoms with Gasteiger partial charge in [-0.2, -0.15) is 13.2 Å². The summed E-state index contributed by atoms with van der Waals surface area (Å²) >= 11 is 0. The number of rotatable bonds is 3. The molecule has 0 heterocycles. The lowest BCUT2D eigenvalue weighted by atomic mass is 10.1. The number of hydrogen-bond donors (Lipinski definition) is 1. The van der Waals surface area contributed by atoms with Gasteiger partial charge in [0.25, 0.3) is 0 Å². The Morgan fingerprint density at radius 3 is 2.33 bits per heavy atom. The highest BCUT2D eigenvalue weighted by Gasteiger charge is 2.30. The molecule has 2 atom stereocenters. The lowest BCUT2D eigenvalue weighted by Crippen LogP contribution is -2.30. The van der Waals surface area contributed by atoms with E-state index in [-0.39, 0.29) is 0 Å². The summed E-state index contributed by atoms with van der Waals surface area (Å²) in [6.07, 6.45) is -0.593. The Labute approximate surface area is 105 Å². The number of halogens is 3. The van der Waals surface area contributed by atoms with Crippen LogP contribution in [0.4, 0.5) is 13.2 Å². The van der Waals surface area contributed by atoms with Gasteiger partial charge in [-0.15, -0.1) is 0 Å². The number of benzene rings is 1. The second-order valence-corrected chi connectivity index (χ2v) is 5.09. The Morgan fingerprint density at radius 1 is 1.17 bits per heavy atom. The minimum atomic E-state index is -4.24. The molecule has 0 radical (unpaired) electrons. The Morgan fingerprint density at radius 2 is 1.83 bits per heavy atom. The average molecular weight is 257 g/mol. The smallest absolute Gasteiger partial charge is 0.310 e. The minimum absolute atomic E-state index is 0.507. The Kier molecular flexibility index (Phi) is 3.95. The molecule has 2 unspecified atom stereocenters. The van der Waals surface area contributed by atoms with Crippen LogP contribution in [-0.4, -0.2) is 6.04 Å². The van der Waals surface area contributed by atoms with Crippen LogP contribution in [0.1, 0.15) is 37.3 Å². The fourth-order valence-electron chi connectivity index (χ4n) is 2.51. The third kappa shape index (κ3) is 3.25. The molecule has 100 valence electrons. The summed E-state index contributed by atoms with van der Waals surface area (Å²) in [7, 11) is 0. The molecule has 1 N–H and O–H groups in total. The molecule has 0 spiro atoms. The Hall–Kier alpha value is -1.03. The first-order valence-electron chi connectivity index (χ1n) is 6.36. The van der Waals surface area contributed by atoms with Crippen LogP contribution in [0.2, 0.25) is 0 Å². The molecule has 0 amide bonds. The number of alkyl halides is 3. The van der Waals surface area contributed by atoms with E-state index < -0.39 is 11.7 Å². The zero-order chi connectivity index (χ0) is 13.2. The van der Waals surface area contributed by atoms with Gasteiger partial charge < -0.3 is 5.32 Å². The van der Waals surface area contributed by atoms with E-state index in [1.165, 1.54) is 19.3 Å². The largest absolute Gasteiger partial charge is 0.416 e. The van der Waals surface area contributed by atoms with Gasteiger partial charge in [-0.3, -0.25) is 0 Å². The van der Waals surface area contributed by atoms with Crippen molar-refractivity contribution >= 4 is 0 Å². The van der Waals surface area contributed by atoms with E-state index in [1.807, 2.05) is 0 Å². The molecule has 1 nitrogen and oxygen atoms in total. The molecule has 4 heteroatoms. The molecule has 0 aromatic heterocycles. The van der Waals surface area contributed by atoms with Crippen molar-refractivity contribution in [3.8, 4) is 0 Å². The topological polar surface area (TPSA) is 12.0 Å². The van der Waals surface area contributed by atoms with E-state index in [0.717, 1.165) is 17.7 Å². The highest BCUT2D eigenvalue weighted by atomic mass is 19.4. The lowest BCUT2D eigenvalue weighted by molar-refractivity contribution is -0.137. The van der Waals surface area contributed by atoms with E-state index in [9.17, 15) is 13.2 Å². The molecule has 2 rings (SSSR count). The molecular weight excluding hydrogens is 239 g/mol. The van der Waals surface area contributed by atoms with Gasteiger partial charge in [0.2, 0.25) is 0 Å². The van der Waals surface area contributed by atoms with Crippen molar-refractivity contribution in [2.75, 3.05) is 0 Å². The van der Waals surface area contributed by atoms with Crippen molar-refractivity contribution in [3.63, 3.8) is 0 Å². The minimum Gasteiger partial charge on any atom is -0.310 e. The predicted octanol–water partition coefficient (Wildman–Crippen LogP) is 3.98. The van der Waals surface area contributed by atoms with Crippen LogP contribution in [-0.2, 0) is 12.7 Å². The molecule has 1 saturated carbocycles. The zero-order valence-electron chi connectivity index (χ0n) is 10.4. The molecule has 1 aromatic rings. The molecule has 1 aromatic carbocycles. The molecule has 0 saturated heterocycles. The summed E-state index contributed by atoms with van der Waals surface area (Å²) < 4.78 is 37.2. The fourth-order valence-corrected chi connectivity index (χ4v) is 2.51. The molecule has 1 fully saturated rings. The summed E-state index contributed by atoms with van der Waals surface area (Å²) in [5, 5.41) is 3.42. The van der Waals surface area contributed by atoms with Crippen LogP contribution < -0.4 is 5.32 Å². The first kappa shape index (κ1) is 13.4. The molecule has 1 aliphatic rings. The van der Waals surface area contributed by atoms with Crippen LogP contribution in [0, 0.1) is 5.92 Å². The van der Waals surface area contributed by atoms with E-state index in [1.54, 1.807) is 12.1 Å². The van der Waals surface area contributed by atoms with Gasteiger partial charge in [0.05, 0.1) is 5.56 Å².